The van der Waals surface area contributed by atoms with E-state index in [1.165, 1.54) is 25.1 Å². The summed E-state index contributed by atoms with van der Waals surface area (Å²) in [6.07, 6.45) is 0. The van der Waals surface area contributed by atoms with Crippen LogP contribution in [-0.2, 0) is 0 Å². The van der Waals surface area contributed by atoms with E-state index >= 15 is 0 Å². The first-order chi connectivity index (χ1) is 10.8. The molecular formula is C16H17N3O4. The first-order valence-electron chi connectivity index (χ1n) is 6.55. The van der Waals surface area contributed by atoms with E-state index in [0.717, 1.165) is 5.69 Å². The predicted octanol–water partition coefficient (Wildman–Crippen LogP) is 2.28. The number of guanidine groups is 1. The first kappa shape index (κ1) is 17.7. The molecule has 0 saturated heterocycles. The summed E-state index contributed by atoms with van der Waals surface area (Å²) in [6.45, 7) is 1.26. The molecule has 0 spiro atoms. The SMILES string of the molecule is CC(=O)c1cccc(C(=O)O)c1O.N=C(N)Nc1ccccc1. The number of Topliss-reactive ketones (excluding diaryl/α,β-unsaturated/α-hetero) is 1. The van der Waals surface area contributed by atoms with E-state index in [9.17, 15) is 14.7 Å². The van der Waals surface area contributed by atoms with Crippen LogP contribution in [0.3, 0.4) is 0 Å². The van der Waals surface area contributed by atoms with Gasteiger partial charge in [0.05, 0.1) is 5.56 Å². The van der Waals surface area contributed by atoms with Gasteiger partial charge in [-0.15, -0.1) is 0 Å². The average Bonchev–Trinajstić information content (AvgIpc) is 2.48. The Bertz CT molecular complexity index is 682. The molecule has 2 rings (SSSR count). The summed E-state index contributed by atoms with van der Waals surface area (Å²) < 4.78 is 0. The van der Waals surface area contributed by atoms with Crippen LogP contribution >= 0.6 is 0 Å². The van der Waals surface area contributed by atoms with Crippen LogP contribution in [0.1, 0.15) is 27.6 Å². The quantitative estimate of drug-likeness (QED) is 0.335. The van der Waals surface area contributed by atoms with Crippen molar-refractivity contribution in [2.24, 2.45) is 5.73 Å². The fraction of sp³-hybridized carbons (Fsp3) is 0.0625. The zero-order valence-electron chi connectivity index (χ0n) is 12.4. The molecule has 0 fully saturated rings. The summed E-state index contributed by atoms with van der Waals surface area (Å²) in [5.41, 5.74) is 5.71. The highest BCUT2D eigenvalue weighted by molar-refractivity contribution is 6.01. The van der Waals surface area contributed by atoms with E-state index in [-0.39, 0.29) is 22.9 Å². The van der Waals surface area contributed by atoms with Crippen molar-refractivity contribution in [2.45, 2.75) is 6.92 Å². The second kappa shape index (κ2) is 8.18. The normalized spacial score (nSPS) is 9.26. The van der Waals surface area contributed by atoms with Gasteiger partial charge in [-0.25, -0.2) is 4.79 Å². The number of carboxylic acids is 1. The highest BCUT2D eigenvalue weighted by Crippen LogP contribution is 2.22. The minimum absolute atomic E-state index is 0.0277. The number of aromatic carboxylic acids is 1. The number of nitrogens with one attached hydrogen (secondary N) is 2. The Labute approximate surface area is 132 Å². The second-order valence-electron chi connectivity index (χ2n) is 4.47. The van der Waals surface area contributed by atoms with Gasteiger partial charge in [-0.2, -0.15) is 0 Å². The van der Waals surface area contributed by atoms with Crippen LogP contribution in [0, 0.1) is 5.41 Å². The van der Waals surface area contributed by atoms with Crippen LogP contribution in [-0.4, -0.2) is 27.9 Å². The van der Waals surface area contributed by atoms with Crippen LogP contribution in [0.2, 0.25) is 0 Å². The third kappa shape index (κ3) is 5.50. The number of benzene rings is 2. The Hall–Kier alpha value is -3.35. The maximum absolute atomic E-state index is 10.9. The summed E-state index contributed by atoms with van der Waals surface area (Å²) in [5, 5.41) is 27.5. The van der Waals surface area contributed by atoms with Crippen molar-refractivity contribution in [3.8, 4) is 5.75 Å². The molecule has 0 radical (unpaired) electrons. The Kier molecular flexibility index (Phi) is 6.30. The van der Waals surface area contributed by atoms with Crippen molar-refractivity contribution in [3.05, 3.63) is 59.7 Å². The molecule has 0 aliphatic heterocycles. The van der Waals surface area contributed by atoms with Crippen molar-refractivity contribution >= 4 is 23.4 Å². The van der Waals surface area contributed by atoms with Gasteiger partial charge in [0.15, 0.2) is 11.7 Å². The molecule has 2 aromatic carbocycles. The number of ketones is 1. The molecule has 0 saturated carbocycles. The Balaban J connectivity index is 0.000000238. The van der Waals surface area contributed by atoms with Crippen molar-refractivity contribution < 1.29 is 19.8 Å². The van der Waals surface area contributed by atoms with Crippen LogP contribution < -0.4 is 11.1 Å². The number of carbonyl (C=O) groups excluding carboxylic acids is 1. The predicted molar refractivity (Wildman–Crippen MR) is 87.0 cm³/mol. The summed E-state index contributed by atoms with van der Waals surface area (Å²) in [5.74, 6) is -2.12. The van der Waals surface area contributed by atoms with Crippen molar-refractivity contribution in [2.75, 3.05) is 5.32 Å². The summed E-state index contributed by atoms with van der Waals surface area (Å²) >= 11 is 0. The number of hydrogen-bond acceptors (Lipinski definition) is 4. The van der Waals surface area contributed by atoms with Gasteiger partial charge in [-0.1, -0.05) is 24.3 Å². The molecular weight excluding hydrogens is 298 g/mol. The highest BCUT2D eigenvalue weighted by Gasteiger charge is 2.14. The number of aromatic hydroxyl groups is 1. The molecule has 0 heterocycles. The first-order valence-corrected chi connectivity index (χ1v) is 6.55. The monoisotopic (exact) mass is 315 g/mol. The number of nitrogens with two attached hydrogens (primary N) is 1. The average molecular weight is 315 g/mol. The molecule has 0 aliphatic rings. The van der Waals surface area contributed by atoms with Crippen LogP contribution in [0.15, 0.2) is 48.5 Å². The Morgan fingerprint density at radius 3 is 2.09 bits per heavy atom. The van der Waals surface area contributed by atoms with Crippen LogP contribution in [0.5, 0.6) is 5.75 Å². The molecule has 23 heavy (non-hydrogen) atoms. The third-order valence-corrected chi connectivity index (χ3v) is 2.70. The van der Waals surface area contributed by atoms with Gasteiger partial charge >= 0.3 is 5.97 Å². The lowest BCUT2D eigenvalue weighted by atomic mass is 10.1. The lowest BCUT2D eigenvalue weighted by Crippen LogP contribution is -2.20. The zero-order valence-corrected chi connectivity index (χ0v) is 12.4. The molecule has 7 nitrogen and oxygen atoms in total. The Morgan fingerprint density at radius 2 is 1.61 bits per heavy atom. The number of rotatable bonds is 3. The minimum atomic E-state index is -1.25. The summed E-state index contributed by atoms with van der Waals surface area (Å²) in [6, 6.07) is 13.4. The fourth-order valence-electron chi connectivity index (χ4n) is 1.68. The maximum Gasteiger partial charge on any atom is 0.339 e. The van der Waals surface area contributed by atoms with Gasteiger partial charge in [0.25, 0.3) is 0 Å². The topological polar surface area (TPSA) is 136 Å². The van der Waals surface area contributed by atoms with E-state index in [4.69, 9.17) is 16.2 Å². The molecule has 0 aliphatic carbocycles. The molecule has 7 heteroatoms. The van der Waals surface area contributed by atoms with Crippen molar-refractivity contribution in [3.63, 3.8) is 0 Å². The Morgan fingerprint density at radius 1 is 1.04 bits per heavy atom. The van der Waals surface area contributed by atoms with Gasteiger partial charge in [-0.3, -0.25) is 10.2 Å². The second-order valence-corrected chi connectivity index (χ2v) is 4.47. The van der Waals surface area contributed by atoms with E-state index in [0.29, 0.717) is 0 Å². The molecule has 120 valence electrons. The lowest BCUT2D eigenvalue weighted by Gasteiger charge is -2.02. The minimum Gasteiger partial charge on any atom is -0.506 e. The van der Waals surface area contributed by atoms with E-state index in [1.807, 2.05) is 30.3 Å². The zero-order chi connectivity index (χ0) is 17.4. The van der Waals surface area contributed by atoms with Gasteiger partial charge in [0.2, 0.25) is 0 Å². The molecule has 0 atom stereocenters. The third-order valence-electron chi connectivity index (χ3n) is 2.70. The van der Waals surface area contributed by atoms with Gasteiger partial charge in [0, 0.05) is 5.69 Å². The molecule has 0 unspecified atom stereocenters. The summed E-state index contributed by atoms with van der Waals surface area (Å²) in [7, 11) is 0. The molecule has 6 N–H and O–H groups in total. The number of hydrogen-bond donors (Lipinski definition) is 5. The number of anilines is 1. The van der Waals surface area contributed by atoms with Crippen LogP contribution in [0.4, 0.5) is 5.69 Å². The fourth-order valence-corrected chi connectivity index (χ4v) is 1.68. The lowest BCUT2D eigenvalue weighted by molar-refractivity contribution is 0.0693. The highest BCUT2D eigenvalue weighted by atomic mass is 16.4. The molecule has 0 aromatic heterocycles. The number of carboxylic acid groups (broad SMARTS) is 1. The van der Waals surface area contributed by atoms with E-state index < -0.39 is 11.7 Å². The number of carbonyl (C=O) groups is 2. The van der Waals surface area contributed by atoms with E-state index in [2.05, 4.69) is 5.32 Å². The maximum atomic E-state index is 10.9. The molecule has 0 amide bonds. The number of phenols is 1. The smallest absolute Gasteiger partial charge is 0.339 e. The molecule has 0 bridgehead atoms. The van der Waals surface area contributed by atoms with E-state index in [1.54, 1.807) is 0 Å². The van der Waals surface area contributed by atoms with Crippen LogP contribution in [0.25, 0.3) is 0 Å². The summed E-state index contributed by atoms with van der Waals surface area (Å²) in [4.78, 5) is 21.4. The number of para-hydroxylation sites is 2. The van der Waals surface area contributed by atoms with Gasteiger partial charge in [0.1, 0.15) is 11.3 Å². The largest absolute Gasteiger partial charge is 0.506 e. The van der Waals surface area contributed by atoms with Crippen molar-refractivity contribution in [1.29, 1.82) is 5.41 Å². The van der Waals surface area contributed by atoms with Gasteiger partial charge in [-0.05, 0) is 31.2 Å². The standard InChI is InChI=1S/C9H8O4.C7H9N3/c1-5(10)6-3-2-4-7(8(6)11)9(12)13;8-7(9)10-6-4-2-1-3-5-6/h2-4,11H,1H3,(H,12,13);1-5H,(H4,8,9,10). The van der Waals surface area contributed by atoms with Gasteiger partial charge < -0.3 is 21.3 Å². The molecule has 2 aromatic rings. The van der Waals surface area contributed by atoms with Crippen molar-refractivity contribution in [1.82, 2.24) is 0 Å².